The minimum Gasteiger partial charge on any atom is -0.374 e. The van der Waals surface area contributed by atoms with E-state index in [-0.39, 0.29) is 12.2 Å². The van der Waals surface area contributed by atoms with Crippen LogP contribution in [0.5, 0.6) is 0 Å². The third kappa shape index (κ3) is 12.0. The summed E-state index contributed by atoms with van der Waals surface area (Å²) < 4.78 is 73.0. The quantitative estimate of drug-likeness (QED) is 0.0932. The molecule has 7 rings (SSSR count). The van der Waals surface area contributed by atoms with Gasteiger partial charge < -0.3 is 29.0 Å². The Morgan fingerprint density at radius 2 is 1.00 bits per heavy atom. The third-order valence-corrected chi connectivity index (χ3v) is 10.4. The smallest absolute Gasteiger partial charge is 0.374 e. The number of rotatable bonds is 18. The molecule has 6 aromatic carbocycles. The topological polar surface area (TPSA) is 75.3 Å². The average Bonchev–Trinajstić information content (AvgIpc) is 3.28. The Morgan fingerprint density at radius 1 is 0.533 bits per heavy atom. The fourth-order valence-corrected chi connectivity index (χ4v) is 7.16. The molecule has 0 aliphatic carbocycles. The van der Waals surface area contributed by atoms with Crippen LogP contribution in [0.3, 0.4) is 0 Å². The molecule has 1 aliphatic heterocycles. The van der Waals surface area contributed by atoms with Crippen molar-refractivity contribution in [2.45, 2.75) is 69.5 Å². The van der Waals surface area contributed by atoms with E-state index in [1.54, 1.807) is 0 Å². The highest BCUT2D eigenvalue weighted by Gasteiger charge is 2.49. The van der Waals surface area contributed by atoms with Gasteiger partial charge in [0, 0.05) is 12.1 Å². The zero-order valence-electron chi connectivity index (χ0n) is 33.1. The van der Waals surface area contributed by atoms with Gasteiger partial charge in [0.05, 0.1) is 38.6 Å². The van der Waals surface area contributed by atoms with Gasteiger partial charge in [0.15, 0.2) is 0 Å². The van der Waals surface area contributed by atoms with Gasteiger partial charge in [0.1, 0.15) is 30.5 Å². The molecule has 1 heterocycles. The summed E-state index contributed by atoms with van der Waals surface area (Å²) in [5, 5.41) is 2.81. The highest BCUT2D eigenvalue weighted by atomic mass is 19.4. The van der Waals surface area contributed by atoms with Gasteiger partial charge in [-0.25, -0.2) is 0 Å². The van der Waals surface area contributed by atoms with Crippen molar-refractivity contribution in [3.8, 4) is 0 Å². The maximum absolute atomic E-state index is 13.0. The Balaban J connectivity index is 1.14. The van der Waals surface area contributed by atoms with E-state index in [0.717, 1.165) is 45.5 Å². The first-order valence-corrected chi connectivity index (χ1v) is 20.1. The van der Waals surface area contributed by atoms with Gasteiger partial charge >= 0.3 is 6.18 Å². The fourth-order valence-electron chi connectivity index (χ4n) is 7.16. The first kappa shape index (κ1) is 42.5. The van der Waals surface area contributed by atoms with Crippen molar-refractivity contribution in [3.63, 3.8) is 0 Å². The zero-order valence-corrected chi connectivity index (χ0v) is 33.1. The van der Waals surface area contributed by atoms with Crippen LogP contribution < -0.4 is 5.32 Å². The lowest BCUT2D eigenvalue weighted by molar-refractivity contribution is -0.275. The molecule has 1 amide bonds. The van der Waals surface area contributed by atoms with E-state index in [1.165, 1.54) is 12.1 Å². The molecule has 10 heteroatoms. The van der Waals surface area contributed by atoms with E-state index in [4.69, 9.17) is 23.7 Å². The van der Waals surface area contributed by atoms with Crippen LogP contribution in [0.2, 0.25) is 0 Å². The summed E-state index contributed by atoms with van der Waals surface area (Å²) in [7, 11) is 0. The van der Waals surface area contributed by atoms with Crippen LogP contribution in [0.15, 0.2) is 170 Å². The van der Waals surface area contributed by atoms with Crippen molar-refractivity contribution in [1.82, 2.24) is 5.32 Å². The average molecular weight is 816 g/mol. The van der Waals surface area contributed by atoms with Crippen LogP contribution in [-0.2, 0) is 62.7 Å². The van der Waals surface area contributed by atoms with Crippen LogP contribution in [0, 0.1) is 0 Å². The van der Waals surface area contributed by atoms with Gasteiger partial charge in [0.25, 0.3) is 5.91 Å². The number of halogens is 3. The van der Waals surface area contributed by atoms with Crippen LogP contribution in [0.1, 0.15) is 55.4 Å². The van der Waals surface area contributed by atoms with E-state index in [9.17, 15) is 18.0 Å². The summed E-state index contributed by atoms with van der Waals surface area (Å²) in [6.07, 6.45) is -6.85. The van der Waals surface area contributed by atoms with Crippen molar-refractivity contribution < 1.29 is 41.7 Å². The molecule has 5 atom stereocenters. The van der Waals surface area contributed by atoms with Crippen molar-refractivity contribution in [2.24, 2.45) is 0 Å². The monoisotopic (exact) mass is 815 g/mol. The summed E-state index contributed by atoms with van der Waals surface area (Å²) in [5.41, 5.74) is 5.24. The molecular weight excluding hydrogens is 768 g/mol. The summed E-state index contributed by atoms with van der Waals surface area (Å²) >= 11 is 0. The van der Waals surface area contributed by atoms with E-state index in [2.05, 4.69) is 5.32 Å². The van der Waals surface area contributed by atoms with E-state index in [0.29, 0.717) is 39.4 Å². The van der Waals surface area contributed by atoms with E-state index in [1.807, 2.05) is 146 Å². The molecular formula is C50H48F3NO6. The molecule has 0 aromatic heterocycles. The van der Waals surface area contributed by atoms with Gasteiger partial charge in [-0.05, 0) is 64.1 Å². The Kier molecular flexibility index (Phi) is 14.9. The number of carbonyl (C=O) groups is 1. The number of hydrogen-bond acceptors (Lipinski definition) is 6. The Labute approximate surface area is 349 Å². The van der Waals surface area contributed by atoms with Gasteiger partial charge in [-0.2, -0.15) is 13.2 Å². The molecule has 0 spiro atoms. The number of alkyl halides is 3. The van der Waals surface area contributed by atoms with Gasteiger partial charge in [-0.1, -0.05) is 146 Å². The van der Waals surface area contributed by atoms with Gasteiger partial charge in [-0.3, -0.25) is 4.79 Å². The number of nitrogens with one attached hydrogen (secondary N) is 1. The molecule has 7 nitrogen and oxygen atoms in total. The van der Waals surface area contributed by atoms with E-state index < -0.39 is 48.2 Å². The van der Waals surface area contributed by atoms with Gasteiger partial charge in [-0.15, -0.1) is 0 Å². The minimum absolute atomic E-state index is 0.159. The second kappa shape index (κ2) is 21.1. The number of carbonyl (C=O) groups excluding carboxylic acids is 1. The van der Waals surface area contributed by atoms with Crippen LogP contribution in [-0.4, -0.2) is 43.5 Å². The first-order valence-electron chi connectivity index (χ1n) is 20.1. The maximum atomic E-state index is 13.0. The molecule has 310 valence electrons. The molecule has 1 fully saturated rings. The SMILES string of the molecule is O=C(NCCc1ccc([C@@H]2O[C@H](COCc3ccccc3)[C@@H](OCc3ccccc3)[C@H](OCc3ccccc3)[C@H]2OCc2ccccc2)cc1)c1ccc(C(F)(F)F)cc1. The van der Waals surface area contributed by atoms with Crippen LogP contribution in [0.4, 0.5) is 13.2 Å². The number of amides is 1. The lowest BCUT2D eigenvalue weighted by Gasteiger charge is -2.46. The van der Waals surface area contributed by atoms with Crippen LogP contribution in [0.25, 0.3) is 0 Å². The molecule has 1 saturated heterocycles. The standard InChI is InChI=1S/C50H48F3NO6/c51-50(52,53)43-27-25-42(26-28-43)49(55)54-30-29-36-21-23-41(24-22-36)45-47(58-33-39-17-9-3-10-18-39)48(59-34-40-19-11-4-12-20-40)46(57-32-38-15-7-2-8-16-38)44(60-45)35-56-31-37-13-5-1-6-14-37/h1-28,44-48H,29-35H2,(H,54,55)/t44-,45+,46-,47+,48+/m1/s1. The Bertz CT molecular complexity index is 2170. The lowest BCUT2D eigenvalue weighted by Crippen LogP contribution is -2.58. The van der Waals surface area contributed by atoms with Crippen molar-refractivity contribution >= 4 is 5.91 Å². The molecule has 60 heavy (non-hydrogen) atoms. The minimum atomic E-state index is -4.47. The summed E-state index contributed by atoms with van der Waals surface area (Å²) in [5.74, 6) is -0.444. The number of hydrogen-bond donors (Lipinski definition) is 1. The fraction of sp³-hybridized carbons (Fsp3) is 0.260. The molecule has 0 bridgehead atoms. The lowest BCUT2D eigenvalue weighted by atomic mass is 9.90. The molecule has 0 radical (unpaired) electrons. The first-order chi connectivity index (χ1) is 29.3. The summed E-state index contributed by atoms with van der Waals surface area (Å²) in [6, 6.07) is 52.1. The predicted molar refractivity (Wildman–Crippen MR) is 223 cm³/mol. The molecule has 1 aliphatic rings. The highest BCUT2D eigenvalue weighted by Crippen LogP contribution is 2.39. The van der Waals surface area contributed by atoms with Crippen molar-refractivity contribution in [1.29, 1.82) is 0 Å². The van der Waals surface area contributed by atoms with Crippen molar-refractivity contribution in [2.75, 3.05) is 13.2 Å². The molecule has 0 saturated carbocycles. The third-order valence-electron chi connectivity index (χ3n) is 10.4. The normalized spacial score (nSPS) is 19.1. The van der Waals surface area contributed by atoms with E-state index >= 15 is 0 Å². The molecule has 6 aromatic rings. The predicted octanol–water partition coefficient (Wildman–Crippen LogP) is 10.1. The van der Waals surface area contributed by atoms with Gasteiger partial charge in [0.2, 0.25) is 0 Å². The molecule has 1 N–H and O–H groups in total. The second-order valence-electron chi connectivity index (χ2n) is 14.7. The summed E-state index contributed by atoms with van der Waals surface area (Å²) in [6.45, 7) is 1.88. The second-order valence-corrected chi connectivity index (χ2v) is 14.7. The van der Waals surface area contributed by atoms with Crippen molar-refractivity contribution in [3.05, 3.63) is 214 Å². The number of ether oxygens (including phenoxy) is 5. The molecule has 0 unspecified atom stereocenters. The summed E-state index contributed by atoms with van der Waals surface area (Å²) in [4.78, 5) is 12.7. The Hall–Kier alpha value is -5.62. The highest BCUT2D eigenvalue weighted by molar-refractivity contribution is 5.94. The zero-order chi connectivity index (χ0) is 41.6. The maximum Gasteiger partial charge on any atom is 0.416 e. The Morgan fingerprint density at radius 3 is 1.50 bits per heavy atom. The largest absolute Gasteiger partial charge is 0.416 e. The van der Waals surface area contributed by atoms with Crippen LogP contribution >= 0.6 is 0 Å². The number of benzene rings is 6.